The van der Waals surface area contributed by atoms with Crippen LogP contribution in [-0.2, 0) is 12.8 Å². The van der Waals surface area contributed by atoms with Gasteiger partial charge < -0.3 is 15.1 Å². The van der Waals surface area contributed by atoms with Gasteiger partial charge >= 0.3 is 0 Å². The van der Waals surface area contributed by atoms with E-state index in [0.29, 0.717) is 27.2 Å². The number of nitrogens with one attached hydrogen (secondary N) is 1. The van der Waals surface area contributed by atoms with Crippen LogP contribution in [0.2, 0.25) is 10.0 Å². The first-order valence-electron chi connectivity index (χ1n) is 10.9. The molecule has 1 fully saturated rings. The topological polar surface area (TPSA) is 74.2 Å². The van der Waals surface area contributed by atoms with E-state index in [9.17, 15) is 4.79 Å². The van der Waals surface area contributed by atoms with Crippen molar-refractivity contribution < 1.29 is 4.79 Å². The Hall–Kier alpha value is -2.74. The van der Waals surface area contributed by atoms with Crippen molar-refractivity contribution in [2.24, 2.45) is 0 Å². The summed E-state index contributed by atoms with van der Waals surface area (Å²) in [5, 5.41) is 3.98. The number of piperazine rings is 1. The SMILES string of the molecule is CCc1cc(Nc2cc(CC(=O)c3c(Cl)cccc3Cl)ccn2)nc(N2CCN(C)CC2)n1. The normalized spacial score (nSPS) is 14.4. The van der Waals surface area contributed by atoms with Gasteiger partial charge in [0.05, 0.1) is 15.6 Å². The highest BCUT2D eigenvalue weighted by molar-refractivity contribution is 6.39. The summed E-state index contributed by atoms with van der Waals surface area (Å²) in [6, 6.07) is 10.6. The number of aryl methyl sites for hydroxylation is 1. The van der Waals surface area contributed by atoms with Crippen LogP contribution < -0.4 is 10.2 Å². The fourth-order valence-corrected chi connectivity index (χ4v) is 4.31. The lowest BCUT2D eigenvalue weighted by atomic mass is 10.0. The summed E-state index contributed by atoms with van der Waals surface area (Å²) in [4.78, 5) is 31.2. The fraction of sp³-hybridized carbons (Fsp3) is 0.333. The van der Waals surface area contributed by atoms with Crippen LogP contribution in [0.15, 0.2) is 42.6 Å². The Bertz CT molecular complexity index is 1130. The van der Waals surface area contributed by atoms with E-state index in [2.05, 4.69) is 34.1 Å². The quantitative estimate of drug-likeness (QED) is 0.488. The maximum atomic E-state index is 12.8. The Morgan fingerprint density at radius 1 is 1.03 bits per heavy atom. The van der Waals surface area contributed by atoms with E-state index >= 15 is 0 Å². The molecule has 0 radical (unpaired) electrons. The number of rotatable bonds is 7. The van der Waals surface area contributed by atoms with Gasteiger partial charge in [-0.1, -0.05) is 36.2 Å². The zero-order valence-corrected chi connectivity index (χ0v) is 20.2. The Morgan fingerprint density at radius 2 is 1.76 bits per heavy atom. The van der Waals surface area contributed by atoms with E-state index < -0.39 is 0 Å². The summed E-state index contributed by atoms with van der Waals surface area (Å²) in [7, 11) is 2.12. The molecule has 0 amide bonds. The number of aromatic nitrogens is 3. The highest BCUT2D eigenvalue weighted by Gasteiger charge is 2.18. The van der Waals surface area contributed by atoms with Gasteiger partial charge in [0.15, 0.2) is 5.78 Å². The van der Waals surface area contributed by atoms with Crippen molar-refractivity contribution in [1.29, 1.82) is 0 Å². The molecule has 1 N–H and O–H groups in total. The average molecular weight is 485 g/mol. The van der Waals surface area contributed by atoms with Crippen molar-refractivity contribution in [2.75, 3.05) is 43.4 Å². The molecule has 1 aliphatic heterocycles. The van der Waals surface area contributed by atoms with Crippen LogP contribution in [0.5, 0.6) is 0 Å². The van der Waals surface area contributed by atoms with Gasteiger partial charge in [-0.3, -0.25) is 4.79 Å². The Labute approximate surface area is 203 Å². The summed E-state index contributed by atoms with van der Waals surface area (Å²) in [6.07, 6.45) is 2.64. The standard InChI is InChI=1S/C24H26Cl2N6O/c1-3-17-15-22(30-24(28-17)32-11-9-31(2)10-12-32)29-21-14-16(7-8-27-21)13-20(33)23-18(25)5-4-6-19(23)26/h4-8,14-15H,3,9-13H2,1-2H3,(H,27,28,29,30). The maximum absolute atomic E-state index is 12.8. The van der Waals surface area contributed by atoms with Crippen LogP contribution in [0.1, 0.15) is 28.5 Å². The summed E-state index contributed by atoms with van der Waals surface area (Å²) in [6.45, 7) is 5.82. The second-order valence-corrected chi connectivity index (χ2v) is 8.87. The van der Waals surface area contributed by atoms with Crippen molar-refractivity contribution in [3.63, 3.8) is 0 Å². The largest absolute Gasteiger partial charge is 0.338 e. The summed E-state index contributed by atoms with van der Waals surface area (Å²) in [5.41, 5.74) is 2.10. The fourth-order valence-electron chi connectivity index (χ4n) is 3.70. The summed E-state index contributed by atoms with van der Waals surface area (Å²) >= 11 is 12.4. The first kappa shape index (κ1) is 23.4. The van der Waals surface area contributed by atoms with Gasteiger partial charge in [0.2, 0.25) is 5.95 Å². The Kier molecular flexibility index (Phi) is 7.42. The minimum absolute atomic E-state index is 0.143. The number of ketones is 1. The molecule has 4 rings (SSSR count). The third-order valence-corrected chi connectivity index (χ3v) is 6.23. The molecule has 0 atom stereocenters. The van der Waals surface area contributed by atoms with Crippen molar-refractivity contribution >= 4 is 46.6 Å². The zero-order valence-electron chi connectivity index (χ0n) is 18.7. The third-order valence-electron chi connectivity index (χ3n) is 5.60. The van der Waals surface area contributed by atoms with Crippen molar-refractivity contribution in [3.8, 4) is 0 Å². The van der Waals surface area contributed by atoms with Crippen LogP contribution in [0.4, 0.5) is 17.6 Å². The minimum atomic E-state index is -0.143. The molecule has 0 saturated carbocycles. The highest BCUT2D eigenvalue weighted by atomic mass is 35.5. The number of hydrogen-bond donors (Lipinski definition) is 1. The summed E-state index contributed by atoms with van der Waals surface area (Å²) in [5.74, 6) is 1.87. The Morgan fingerprint density at radius 3 is 2.45 bits per heavy atom. The predicted octanol–water partition coefficient (Wildman–Crippen LogP) is 4.66. The van der Waals surface area contributed by atoms with E-state index in [0.717, 1.165) is 49.8 Å². The number of pyridine rings is 1. The molecule has 1 aromatic carbocycles. The number of carbonyl (C=O) groups is 1. The van der Waals surface area contributed by atoms with Gasteiger partial charge in [0.25, 0.3) is 0 Å². The molecule has 3 heterocycles. The highest BCUT2D eigenvalue weighted by Crippen LogP contribution is 2.26. The van der Waals surface area contributed by atoms with Crippen LogP contribution in [0, 0.1) is 0 Å². The monoisotopic (exact) mass is 484 g/mol. The number of halogens is 2. The number of likely N-dealkylation sites (N-methyl/N-ethyl adjacent to an activating group) is 1. The zero-order chi connectivity index (χ0) is 23.4. The number of nitrogens with zero attached hydrogens (tertiary/aromatic N) is 5. The van der Waals surface area contributed by atoms with E-state index in [4.69, 9.17) is 33.2 Å². The van der Waals surface area contributed by atoms with Crippen LogP contribution in [0.25, 0.3) is 0 Å². The molecule has 3 aromatic rings. The molecular weight excluding hydrogens is 459 g/mol. The molecular formula is C24H26Cl2N6O. The van der Waals surface area contributed by atoms with E-state index in [1.165, 1.54) is 0 Å². The lowest BCUT2D eigenvalue weighted by Crippen LogP contribution is -2.45. The molecule has 0 bridgehead atoms. The predicted molar refractivity (Wildman–Crippen MR) is 133 cm³/mol. The van der Waals surface area contributed by atoms with Crippen molar-refractivity contribution in [1.82, 2.24) is 19.9 Å². The van der Waals surface area contributed by atoms with Gasteiger partial charge in [-0.25, -0.2) is 9.97 Å². The molecule has 2 aromatic heterocycles. The van der Waals surface area contributed by atoms with E-state index in [1.54, 1.807) is 30.5 Å². The summed E-state index contributed by atoms with van der Waals surface area (Å²) < 4.78 is 0. The number of benzene rings is 1. The molecule has 0 aliphatic carbocycles. The maximum Gasteiger partial charge on any atom is 0.227 e. The van der Waals surface area contributed by atoms with Gasteiger partial charge in [-0.2, -0.15) is 4.98 Å². The van der Waals surface area contributed by atoms with E-state index in [1.807, 2.05) is 12.1 Å². The van der Waals surface area contributed by atoms with E-state index in [-0.39, 0.29) is 12.2 Å². The molecule has 9 heteroatoms. The number of carbonyl (C=O) groups excluding carboxylic acids is 1. The van der Waals surface area contributed by atoms with Crippen LogP contribution >= 0.6 is 23.2 Å². The molecule has 0 spiro atoms. The first-order valence-corrected chi connectivity index (χ1v) is 11.7. The molecule has 7 nitrogen and oxygen atoms in total. The average Bonchev–Trinajstić information content (AvgIpc) is 2.79. The van der Waals surface area contributed by atoms with Gasteiger partial charge in [0.1, 0.15) is 11.6 Å². The third kappa shape index (κ3) is 5.79. The van der Waals surface area contributed by atoms with Crippen LogP contribution in [-0.4, -0.2) is 58.9 Å². The van der Waals surface area contributed by atoms with Crippen molar-refractivity contribution in [2.45, 2.75) is 19.8 Å². The molecule has 33 heavy (non-hydrogen) atoms. The lowest BCUT2D eigenvalue weighted by Gasteiger charge is -2.32. The van der Waals surface area contributed by atoms with Crippen LogP contribution in [0.3, 0.4) is 0 Å². The lowest BCUT2D eigenvalue weighted by molar-refractivity contribution is 0.0993. The molecule has 0 unspecified atom stereocenters. The second-order valence-electron chi connectivity index (χ2n) is 8.06. The number of Topliss-reactive ketones (excluding diaryl/α,β-unsaturated/α-hetero) is 1. The van der Waals surface area contributed by atoms with Crippen molar-refractivity contribution in [3.05, 3.63) is 69.5 Å². The second kappa shape index (κ2) is 10.5. The Balaban J connectivity index is 1.52. The number of anilines is 3. The minimum Gasteiger partial charge on any atom is -0.338 e. The molecule has 1 saturated heterocycles. The van der Waals surface area contributed by atoms with Gasteiger partial charge in [0, 0.05) is 50.6 Å². The molecule has 1 aliphatic rings. The molecule has 172 valence electrons. The smallest absolute Gasteiger partial charge is 0.227 e. The number of hydrogen-bond acceptors (Lipinski definition) is 7. The first-order chi connectivity index (χ1) is 15.9. The van der Waals surface area contributed by atoms with Gasteiger partial charge in [-0.05, 0) is 43.3 Å². The van der Waals surface area contributed by atoms with Gasteiger partial charge in [-0.15, -0.1) is 0 Å².